The molecule has 3 fully saturated rings. The fourth-order valence-electron chi connectivity index (χ4n) is 5.99. The lowest BCUT2D eigenvalue weighted by Crippen LogP contribution is -2.60. The minimum Gasteiger partial charge on any atom is -0.378 e. The molecule has 2 unspecified atom stereocenters. The Morgan fingerprint density at radius 3 is 2.67 bits per heavy atom. The Balaban J connectivity index is 1.19. The number of carbonyl (C=O) groups is 1. The fourth-order valence-corrected chi connectivity index (χ4v) is 5.99. The molecular weight excluding hydrogens is 506 g/mol. The van der Waals surface area contributed by atoms with Gasteiger partial charge in [-0.05, 0) is 61.9 Å². The number of ether oxygens (including phenoxy) is 1. The topological polar surface area (TPSA) is 106 Å². The van der Waals surface area contributed by atoms with Gasteiger partial charge in [0.25, 0.3) is 11.5 Å². The van der Waals surface area contributed by atoms with E-state index >= 15 is 0 Å². The summed E-state index contributed by atoms with van der Waals surface area (Å²) in [6.07, 6.45) is 4.40. The van der Waals surface area contributed by atoms with Crippen LogP contribution in [0.2, 0.25) is 0 Å². The first-order chi connectivity index (χ1) is 19.5. The number of rotatable bonds is 6. The van der Waals surface area contributed by atoms with Crippen molar-refractivity contribution in [3.63, 3.8) is 0 Å². The van der Waals surface area contributed by atoms with Crippen molar-refractivity contribution in [1.29, 1.82) is 0 Å². The van der Waals surface area contributed by atoms with Gasteiger partial charge in [-0.1, -0.05) is 5.92 Å². The number of benzene rings is 1. The third-order valence-corrected chi connectivity index (χ3v) is 8.13. The van der Waals surface area contributed by atoms with Crippen molar-refractivity contribution in [2.45, 2.75) is 38.4 Å². The number of nitrogens with zero attached hydrogens (tertiary/aromatic N) is 4. The SMILES string of the molecule is CC#CC(=O)NC1CCN(c2cc(Nc3ccc(N4CCN(C5COC5)C(C)C4)cn3)c3c(=O)[nH]ccc3c2)C1. The van der Waals surface area contributed by atoms with Gasteiger partial charge in [0.2, 0.25) is 0 Å². The molecule has 5 heterocycles. The summed E-state index contributed by atoms with van der Waals surface area (Å²) in [5.74, 6) is 5.62. The van der Waals surface area contributed by atoms with Crippen molar-refractivity contribution in [1.82, 2.24) is 20.2 Å². The third kappa shape index (κ3) is 5.35. The standard InChI is InChI=1S/C30H35N7O3/c1-3-4-28(38)33-22-8-10-35(17-22)24-13-21-7-9-31-30(39)29(21)26(14-24)34-27-6-5-23(15-32-27)36-11-12-37(20(2)16-36)25-18-40-19-25/h5-7,9,13-15,20,22,25H,8,10-12,16-19H2,1-2H3,(H,31,39)(H,32,34)(H,33,38). The van der Waals surface area contributed by atoms with Gasteiger partial charge >= 0.3 is 0 Å². The molecular formula is C30H35N7O3. The van der Waals surface area contributed by atoms with E-state index in [1.165, 1.54) is 0 Å². The smallest absolute Gasteiger partial charge is 0.296 e. The summed E-state index contributed by atoms with van der Waals surface area (Å²) < 4.78 is 5.39. The Morgan fingerprint density at radius 1 is 1.10 bits per heavy atom. The Bertz CT molecular complexity index is 1510. The van der Waals surface area contributed by atoms with E-state index in [0.717, 1.165) is 62.6 Å². The molecule has 0 saturated carbocycles. The van der Waals surface area contributed by atoms with Crippen LogP contribution in [-0.4, -0.2) is 84.8 Å². The van der Waals surface area contributed by atoms with Gasteiger partial charge in [-0.25, -0.2) is 4.98 Å². The number of amides is 1. The molecule has 0 spiro atoms. The summed E-state index contributed by atoms with van der Waals surface area (Å²) in [5, 5.41) is 7.81. The second kappa shape index (κ2) is 11.2. The number of hydrogen-bond donors (Lipinski definition) is 3. The number of hydrogen-bond acceptors (Lipinski definition) is 8. The van der Waals surface area contributed by atoms with E-state index in [9.17, 15) is 9.59 Å². The van der Waals surface area contributed by atoms with E-state index < -0.39 is 0 Å². The van der Waals surface area contributed by atoms with Crippen molar-refractivity contribution in [2.75, 3.05) is 61.1 Å². The molecule has 0 radical (unpaired) electrons. The zero-order valence-corrected chi connectivity index (χ0v) is 22.9. The van der Waals surface area contributed by atoms with Crippen molar-refractivity contribution >= 4 is 39.6 Å². The quantitative estimate of drug-likeness (QED) is 0.409. The molecule has 3 aliphatic rings. The molecule has 10 heteroatoms. The lowest BCUT2D eigenvalue weighted by Gasteiger charge is -2.47. The highest BCUT2D eigenvalue weighted by Gasteiger charge is 2.33. The number of aromatic amines is 1. The number of pyridine rings is 2. The van der Waals surface area contributed by atoms with Crippen molar-refractivity contribution in [3.8, 4) is 11.8 Å². The van der Waals surface area contributed by atoms with E-state index in [1.54, 1.807) is 13.1 Å². The maximum atomic E-state index is 12.8. The number of piperazine rings is 1. The van der Waals surface area contributed by atoms with Gasteiger partial charge in [0.1, 0.15) is 5.82 Å². The number of nitrogens with one attached hydrogen (secondary N) is 3. The second-order valence-corrected chi connectivity index (χ2v) is 10.8. The summed E-state index contributed by atoms with van der Waals surface area (Å²) in [5.41, 5.74) is 2.62. The Labute approximate surface area is 233 Å². The molecule has 2 aromatic heterocycles. The molecule has 6 rings (SSSR count). The predicted octanol–water partition coefficient (Wildman–Crippen LogP) is 2.29. The van der Waals surface area contributed by atoms with Gasteiger partial charge < -0.3 is 30.2 Å². The van der Waals surface area contributed by atoms with Crippen molar-refractivity contribution in [3.05, 3.63) is 53.1 Å². The largest absolute Gasteiger partial charge is 0.378 e. The van der Waals surface area contributed by atoms with Gasteiger partial charge in [0.05, 0.1) is 42.2 Å². The van der Waals surface area contributed by atoms with E-state index in [2.05, 4.69) is 55.1 Å². The average molecular weight is 542 g/mol. The van der Waals surface area contributed by atoms with Crippen LogP contribution in [0.25, 0.3) is 10.8 Å². The predicted molar refractivity (Wildman–Crippen MR) is 157 cm³/mol. The Kier molecular flexibility index (Phi) is 7.32. The van der Waals surface area contributed by atoms with Crippen LogP contribution in [0.5, 0.6) is 0 Å². The first-order valence-electron chi connectivity index (χ1n) is 13.9. The Morgan fingerprint density at radius 2 is 1.95 bits per heavy atom. The van der Waals surface area contributed by atoms with Crippen LogP contribution in [0, 0.1) is 11.8 Å². The lowest BCUT2D eigenvalue weighted by molar-refractivity contribution is -0.116. The molecule has 3 N–H and O–H groups in total. The van der Waals surface area contributed by atoms with Gasteiger partial charge in [-0.2, -0.15) is 0 Å². The van der Waals surface area contributed by atoms with Crippen molar-refractivity contribution in [2.24, 2.45) is 0 Å². The molecule has 3 aliphatic heterocycles. The molecule has 208 valence electrons. The highest BCUT2D eigenvalue weighted by Crippen LogP contribution is 2.32. The van der Waals surface area contributed by atoms with E-state index in [1.807, 2.05) is 30.5 Å². The van der Waals surface area contributed by atoms with Crippen LogP contribution >= 0.6 is 0 Å². The van der Waals surface area contributed by atoms with Crippen LogP contribution in [0.15, 0.2) is 47.5 Å². The highest BCUT2D eigenvalue weighted by atomic mass is 16.5. The monoisotopic (exact) mass is 541 g/mol. The van der Waals surface area contributed by atoms with E-state index in [-0.39, 0.29) is 17.5 Å². The van der Waals surface area contributed by atoms with Crippen LogP contribution in [0.1, 0.15) is 20.3 Å². The molecule has 2 atom stereocenters. The summed E-state index contributed by atoms with van der Waals surface area (Å²) in [6.45, 7) is 10.0. The maximum absolute atomic E-state index is 12.8. The number of H-pyrrole nitrogens is 1. The summed E-state index contributed by atoms with van der Waals surface area (Å²) in [4.78, 5) is 39.4. The van der Waals surface area contributed by atoms with E-state index in [4.69, 9.17) is 9.72 Å². The fraction of sp³-hybridized carbons (Fsp3) is 0.433. The molecule has 0 aliphatic carbocycles. The average Bonchev–Trinajstić information content (AvgIpc) is 3.38. The summed E-state index contributed by atoms with van der Waals surface area (Å²) >= 11 is 0. The minimum absolute atomic E-state index is 0.0282. The van der Waals surface area contributed by atoms with Crippen LogP contribution in [-0.2, 0) is 9.53 Å². The zero-order valence-electron chi connectivity index (χ0n) is 22.9. The zero-order chi connectivity index (χ0) is 27.6. The van der Waals surface area contributed by atoms with Crippen LogP contribution in [0.4, 0.5) is 22.9 Å². The number of aromatic nitrogens is 2. The molecule has 3 saturated heterocycles. The number of fused-ring (bicyclic) bond motifs is 1. The molecule has 1 aromatic carbocycles. The molecule has 3 aromatic rings. The second-order valence-electron chi connectivity index (χ2n) is 10.8. The lowest BCUT2D eigenvalue weighted by atomic mass is 10.1. The maximum Gasteiger partial charge on any atom is 0.296 e. The minimum atomic E-state index is -0.249. The van der Waals surface area contributed by atoms with Gasteiger partial charge in [-0.3, -0.25) is 14.5 Å². The number of carbonyl (C=O) groups excluding carboxylic acids is 1. The summed E-state index contributed by atoms with van der Waals surface area (Å²) in [7, 11) is 0. The molecule has 1 amide bonds. The first kappa shape index (κ1) is 26.2. The van der Waals surface area contributed by atoms with Gasteiger partial charge in [-0.15, -0.1) is 0 Å². The number of anilines is 4. The van der Waals surface area contributed by atoms with Crippen molar-refractivity contribution < 1.29 is 9.53 Å². The summed E-state index contributed by atoms with van der Waals surface area (Å²) in [6, 6.07) is 11.0. The van der Waals surface area contributed by atoms with Gasteiger partial charge in [0, 0.05) is 56.7 Å². The molecule has 0 bridgehead atoms. The van der Waals surface area contributed by atoms with Crippen LogP contribution < -0.4 is 26.0 Å². The third-order valence-electron chi connectivity index (χ3n) is 8.13. The van der Waals surface area contributed by atoms with E-state index in [0.29, 0.717) is 35.5 Å². The van der Waals surface area contributed by atoms with Gasteiger partial charge in [0.15, 0.2) is 0 Å². The normalized spacial score (nSPS) is 21.6. The first-order valence-corrected chi connectivity index (χ1v) is 13.9. The Hall–Kier alpha value is -4.07. The molecule has 40 heavy (non-hydrogen) atoms. The highest BCUT2D eigenvalue weighted by molar-refractivity contribution is 5.97. The molecule has 10 nitrogen and oxygen atoms in total. The van der Waals surface area contributed by atoms with Crippen LogP contribution in [0.3, 0.4) is 0 Å².